The summed E-state index contributed by atoms with van der Waals surface area (Å²) in [6, 6.07) is 4.62. The maximum absolute atomic E-state index is 12.6. The lowest BCUT2D eigenvalue weighted by Crippen LogP contribution is -2.55. The third kappa shape index (κ3) is 2.60. The molecule has 0 spiro atoms. The van der Waals surface area contributed by atoms with Crippen molar-refractivity contribution >= 4 is 17.5 Å². The van der Waals surface area contributed by atoms with E-state index in [9.17, 15) is 9.59 Å². The van der Waals surface area contributed by atoms with Gasteiger partial charge in [-0.05, 0) is 24.6 Å². The maximum Gasteiger partial charge on any atom is 0.255 e. The van der Waals surface area contributed by atoms with Crippen molar-refractivity contribution in [1.29, 1.82) is 0 Å². The van der Waals surface area contributed by atoms with Crippen LogP contribution in [0.15, 0.2) is 18.2 Å². The summed E-state index contributed by atoms with van der Waals surface area (Å²) in [5.41, 5.74) is 7.67. The van der Waals surface area contributed by atoms with Crippen molar-refractivity contribution in [2.45, 2.75) is 13.0 Å². The first kappa shape index (κ1) is 14.3. The molecule has 1 unspecified atom stereocenters. The van der Waals surface area contributed by atoms with Crippen LogP contribution in [0.4, 0.5) is 5.69 Å². The van der Waals surface area contributed by atoms with Crippen LogP contribution < -0.4 is 11.1 Å². The second-order valence-corrected chi connectivity index (χ2v) is 4.72. The molecular formula is C14H19N3O3. The molecule has 20 heavy (non-hydrogen) atoms. The number of nitrogens with two attached hydrogens (primary N) is 1. The molecule has 0 saturated carbocycles. The van der Waals surface area contributed by atoms with Crippen LogP contribution in [0, 0.1) is 6.92 Å². The van der Waals surface area contributed by atoms with Gasteiger partial charge in [0.1, 0.15) is 6.04 Å². The summed E-state index contributed by atoms with van der Waals surface area (Å²) in [4.78, 5) is 26.0. The molecule has 3 N–H and O–H groups in total. The summed E-state index contributed by atoms with van der Waals surface area (Å²) in [6.45, 7) is 2.84. The van der Waals surface area contributed by atoms with Gasteiger partial charge in [-0.15, -0.1) is 0 Å². The second kappa shape index (κ2) is 5.92. The summed E-state index contributed by atoms with van der Waals surface area (Å²) >= 11 is 0. The number of hydrogen-bond acceptors (Lipinski definition) is 4. The Morgan fingerprint density at radius 2 is 2.20 bits per heavy atom. The first-order valence-corrected chi connectivity index (χ1v) is 6.51. The van der Waals surface area contributed by atoms with E-state index in [-0.39, 0.29) is 18.4 Å². The van der Waals surface area contributed by atoms with Crippen molar-refractivity contribution in [1.82, 2.24) is 10.2 Å². The largest absolute Gasteiger partial charge is 0.398 e. The number of likely N-dealkylation sites (N-methyl/N-ethyl adjacent to an activating group) is 1. The van der Waals surface area contributed by atoms with Gasteiger partial charge in [-0.1, -0.05) is 6.07 Å². The van der Waals surface area contributed by atoms with Crippen LogP contribution in [0.1, 0.15) is 15.9 Å². The molecule has 6 nitrogen and oxygen atoms in total. The topological polar surface area (TPSA) is 84.7 Å². The lowest BCUT2D eigenvalue weighted by molar-refractivity contribution is -0.130. The highest BCUT2D eigenvalue weighted by molar-refractivity contribution is 5.99. The number of carbonyl (C=O) groups excluding carboxylic acids is 2. The minimum absolute atomic E-state index is 0.188. The number of nitrogen functional groups attached to an aromatic ring is 1. The van der Waals surface area contributed by atoms with Crippen LogP contribution in [-0.4, -0.2) is 49.6 Å². The second-order valence-electron chi connectivity index (χ2n) is 4.72. The van der Waals surface area contributed by atoms with E-state index in [2.05, 4.69) is 5.32 Å². The van der Waals surface area contributed by atoms with Gasteiger partial charge < -0.3 is 20.7 Å². The van der Waals surface area contributed by atoms with E-state index in [1.165, 1.54) is 0 Å². The zero-order valence-electron chi connectivity index (χ0n) is 11.7. The molecule has 0 bridgehead atoms. The average molecular weight is 277 g/mol. The molecule has 1 aromatic carbocycles. The molecule has 1 aromatic rings. The van der Waals surface area contributed by atoms with Gasteiger partial charge in [0.25, 0.3) is 5.91 Å². The smallest absolute Gasteiger partial charge is 0.255 e. The average Bonchev–Trinajstić information content (AvgIpc) is 2.48. The van der Waals surface area contributed by atoms with E-state index in [0.29, 0.717) is 24.4 Å². The third-order valence-electron chi connectivity index (χ3n) is 3.54. The maximum atomic E-state index is 12.6. The number of amides is 2. The predicted octanol–water partition coefficient (Wildman–Crippen LogP) is 0.164. The molecule has 0 aliphatic carbocycles. The van der Waals surface area contributed by atoms with Crippen LogP contribution in [0.3, 0.4) is 0 Å². The molecule has 6 heteroatoms. The highest BCUT2D eigenvalue weighted by atomic mass is 16.5. The Bertz CT molecular complexity index is 530. The quantitative estimate of drug-likeness (QED) is 0.754. The lowest BCUT2D eigenvalue weighted by Gasteiger charge is -2.34. The molecule has 1 aliphatic rings. The van der Waals surface area contributed by atoms with Gasteiger partial charge in [-0.2, -0.15) is 0 Å². The van der Waals surface area contributed by atoms with Gasteiger partial charge in [-0.3, -0.25) is 9.59 Å². The molecule has 0 aromatic heterocycles. The molecule has 0 radical (unpaired) electrons. The highest BCUT2D eigenvalue weighted by Gasteiger charge is 2.33. The Labute approximate surface area is 117 Å². The van der Waals surface area contributed by atoms with E-state index in [4.69, 9.17) is 10.5 Å². The summed E-state index contributed by atoms with van der Waals surface area (Å²) < 4.78 is 5.30. The summed E-state index contributed by atoms with van der Waals surface area (Å²) in [6.07, 6.45) is 0. The Kier molecular flexibility index (Phi) is 4.24. The van der Waals surface area contributed by atoms with E-state index < -0.39 is 6.04 Å². The van der Waals surface area contributed by atoms with Gasteiger partial charge in [0.15, 0.2) is 0 Å². The van der Waals surface area contributed by atoms with Gasteiger partial charge >= 0.3 is 0 Å². The molecular weight excluding hydrogens is 258 g/mol. The van der Waals surface area contributed by atoms with Crippen molar-refractivity contribution < 1.29 is 14.3 Å². The minimum atomic E-state index is -0.595. The van der Waals surface area contributed by atoms with Gasteiger partial charge in [0, 0.05) is 24.8 Å². The van der Waals surface area contributed by atoms with Gasteiger partial charge in [0.2, 0.25) is 5.91 Å². The monoisotopic (exact) mass is 277 g/mol. The summed E-state index contributed by atoms with van der Waals surface area (Å²) in [5.74, 6) is -0.411. The normalized spacial score (nSPS) is 18.7. The first-order chi connectivity index (χ1) is 9.56. The van der Waals surface area contributed by atoms with E-state index in [0.717, 1.165) is 5.56 Å². The molecule has 1 saturated heterocycles. The van der Waals surface area contributed by atoms with E-state index in [1.54, 1.807) is 37.1 Å². The van der Waals surface area contributed by atoms with Crippen molar-refractivity contribution in [3.63, 3.8) is 0 Å². The Morgan fingerprint density at radius 1 is 1.45 bits per heavy atom. The highest BCUT2D eigenvalue weighted by Crippen LogP contribution is 2.19. The van der Waals surface area contributed by atoms with Gasteiger partial charge in [-0.25, -0.2) is 0 Å². The molecule has 1 atom stereocenters. The number of ether oxygens (including phenoxy) is 1. The van der Waals surface area contributed by atoms with Crippen LogP contribution in [0.2, 0.25) is 0 Å². The zero-order valence-corrected chi connectivity index (χ0v) is 11.7. The number of nitrogens with one attached hydrogen (secondary N) is 1. The van der Waals surface area contributed by atoms with Crippen molar-refractivity contribution in [2.24, 2.45) is 0 Å². The molecule has 108 valence electrons. The third-order valence-corrected chi connectivity index (χ3v) is 3.54. The molecule has 1 fully saturated rings. The zero-order chi connectivity index (χ0) is 14.7. The molecule has 2 amide bonds. The number of anilines is 1. The Hall–Kier alpha value is -2.08. The fourth-order valence-electron chi connectivity index (χ4n) is 2.27. The lowest BCUT2D eigenvalue weighted by atomic mass is 10.0. The summed E-state index contributed by atoms with van der Waals surface area (Å²) in [5, 5.41) is 2.56. The van der Waals surface area contributed by atoms with Crippen LogP contribution >= 0.6 is 0 Å². The van der Waals surface area contributed by atoms with Crippen LogP contribution in [-0.2, 0) is 9.53 Å². The van der Waals surface area contributed by atoms with Crippen molar-refractivity contribution in [2.75, 3.05) is 32.5 Å². The van der Waals surface area contributed by atoms with Crippen molar-refractivity contribution in [3.8, 4) is 0 Å². The fraction of sp³-hybridized carbons (Fsp3) is 0.429. The van der Waals surface area contributed by atoms with E-state index in [1.807, 2.05) is 0 Å². The van der Waals surface area contributed by atoms with E-state index >= 15 is 0 Å². The SMILES string of the molecule is CNC(=O)C1COCCN1C(=O)c1cccc(N)c1C. The summed E-state index contributed by atoms with van der Waals surface area (Å²) in [7, 11) is 1.55. The molecule has 1 aliphatic heterocycles. The minimum Gasteiger partial charge on any atom is -0.398 e. The standard InChI is InChI=1S/C14H19N3O3/c1-9-10(4-3-5-11(9)15)14(19)17-6-7-20-8-12(17)13(18)16-2/h3-5,12H,6-8,15H2,1-2H3,(H,16,18). The number of carbonyl (C=O) groups is 2. The van der Waals surface area contributed by atoms with Crippen molar-refractivity contribution in [3.05, 3.63) is 29.3 Å². The number of rotatable bonds is 2. The Balaban J connectivity index is 2.30. The van der Waals surface area contributed by atoms with Crippen LogP contribution in [0.25, 0.3) is 0 Å². The van der Waals surface area contributed by atoms with Crippen LogP contribution in [0.5, 0.6) is 0 Å². The Morgan fingerprint density at radius 3 is 2.90 bits per heavy atom. The number of nitrogens with zero attached hydrogens (tertiary/aromatic N) is 1. The number of hydrogen-bond donors (Lipinski definition) is 2. The molecule has 2 rings (SSSR count). The van der Waals surface area contributed by atoms with Gasteiger partial charge in [0.05, 0.1) is 13.2 Å². The number of benzene rings is 1. The molecule has 1 heterocycles. The number of morpholine rings is 1. The first-order valence-electron chi connectivity index (χ1n) is 6.51. The predicted molar refractivity (Wildman–Crippen MR) is 75.3 cm³/mol. The fourth-order valence-corrected chi connectivity index (χ4v) is 2.27.